The van der Waals surface area contributed by atoms with Gasteiger partial charge in [0, 0.05) is 33.4 Å². The lowest BCUT2D eigenvalue weighted by molar-refractivity contribution is 0.00738. The third kappa shape index (κ3) is 8.54. The molecule has 2 aromatic rings. The molecule has 2 aromatic carbocycles. The molecule has 0 bridgehead atoms. The van der Waals surface area contributed by atoms with E-state index >= 15 is 0 Å². The lowest BCUT2D eigenvalue weighted by Crippen LogP contribution is -2.35. The van der Waals surface area contributed by atoms with Crippen molar-refractivity contribution in [2.24, 2.45) is 0 Å². The molecule has 5 nitrogen and oxygen atoms in total. The number of aliphatic hydroxyl groups is 1. The Morgan fingerprint density at radius 1 is 0.963 bits per heavy atom. The van der Waals surface area contributed by atoms with E-state index in [4.69, 9.17) is 14.2 Å². The van der Waals surface area contributed by atoms with Crippen molar-refractivity contribution in [2.75, 3.05) is 40.5 Å². The van der Waals surface area contributed by atoms with Crippen LogP contribution in [0.25, 0.3) is 0 Å². The number of rotatable bonds is 13. The van der Waals surface area contributed by atoms with Gasteiger partial charge in [-0.1, -0.05) is 42.5 Å². The van der Waals surface area contributed by atoms with Gasteiger partial charge < -0.3 is 19.3 Å². The zero-order chi connectivity index (χ0) is 19.3. The molecule has 2 rings (SSSR count). The van der Waals surface area contributed by atoms with Gasteiger partial charge in [-0.25, -0.2) is 0 Å². The van der Waals surface area contributed by atoms with Crippen molar-refractivity contribution in [3.63, 3.8) is 0 Å². The van der Waals surface area contributed by atoms with E-state index in [0.717, 1.165) is 30.8 Å². The van der Waals surface area contributed by atoms with Crippen LogP contribution >= 0.6 is 0 Å². The second-order valence-corrected chi connectivity index (χ2v) is 6.58. The van der Waals surface area contributed by atoms with Gasteiger partial charge in [-0.3, -0.25) is 4.90 Å². The summed E-state index contributed by atoms with van der Waals surface area (Å²) in [6.07, 6.45) is 0.388. The number of hydrogen-bond donors (Lipinski definition) is 1. The van der Waals surface area contributed by atoms with Crippen LogP contribution in [0.3, 0.4) is 0 Å². The van der Waals surface area contributed by atoms with Crippen LogP contribution in [-0.4, -0.2) is 56.6 Å². The van der Waals surface area contributed by atoms with Gasteiger partial charge in [-0.05, 0) is 29.7 Å². The molecule has 27 heavy (non-hydrogen) atoms. The van der Waals surface area contributed by atoms with Crippen LogP contribution in [0, 0.1) is 0 Å². The first-order valence-corrected chi connectivity index (χ1v) is 9.35. The van der Waals surface area contributed by atoms with Crippen molar-refractivity contribution in [3.05, 3.63) is 65.7 Å². The molecule has 0 saturated heterocycles. The maximum atomic E-state index is 10.4. The number of nitrogens with zero attached hydrogens (tertiary/aromatic N) is 1. The summed E-state index contributed by atoms with van der Waals surface area (Å²) >= 11 is 0. The van der Waals surface area contributed by atoms with E-state index in [9.17, 15) is 5.11 Å². The highest BCUT2D eigenvalue weighted by atomic mass is 16.5. The van der Waals surface area contributed by atoms with E-state index in [-0.39, 0.29) is 0 Å². The lowest BCUT2D eigenvalue weighted by atomic mass is 10.2. The van der Waals surface area contributed by atoms with E-state index in [2.05, 4.69) is 17.0 Å². The van der Waals surface area contributed by atoms with Gasteiger partial charge in [0.25, 0.3) is 0 Å². The lowest BCUT2D eigenvalue weighted by Gasteiger charge is -2.25. The molecule has 0 aliphatic rings. The summed E-state index contributed by atoms with van der Waals surface area (Å²) in [7, 11) is 3.37. The Morgan fingerprint density at radius 2 is 1.70 bits per heavy atom. The topological polar surface area (TPSA) is 51.2 Å². The Balaban J connectivity index is 1.82. The molecule has 0 saturated carbocycles. The standard InChI is InChI=1S/C22H31NO4/c1-25-14-6-13-23(15-19-9-11-22(26-2)12-10-19)16-21(24)18-27-17-20-7-4-3-5-8-20/h3-5,7-12,21,24H,6,13-18H2,1-2H3/t21-/m0/s1. The largest absolute Gasteiger partial charge is 0.497 e. The smallest absolute Gasteiger partial charge is 0.118 e. The number of benzene rings is 2. The Labute approximate surface area is 162 Å². The number of methoxy groups -OCH3 is 2. The molecule has 0 spiro atoms. The molecule has 0 radical (unpaired) electrons. The summed E-state index contributed by atoms with van der Waals surface area (Å²) < 4.78 is 16.0. The predicted octanol–water partition coefficient (Wildman–Crippen LogP) is 3.11. The second-order valence-electron chi connectivity index (χ2n) is 6.58. The van der Waals surface area contributed by atoms with Crippen LogP contribution in [-0.2, 0) is 22.6 Å². The van der Waals surface area contributed by atoms with Crippen LogP contribution < -0.4 is 4.74 Å². The fraction of sp³-hybridized carbons (Fsp3) is 0.455. The van der Waals surface area contributed by atoms with Gasteiger partial charge in [-0.15, -0.1) is 0 Å². The quantitative estimate of drug-likeness (QED) is 0.547. The summed E-state index contributed by atoms with van der Waals surface area (Å²) in [4.78, 5) is 2.23. The first-order valence-electron chi connectivity index (χ1n) is 9.35. The Hall–Kier alpha value is -1.92. The number of ether oxygens (including phenoxy) is 3. The zero-order valence-corrected chi connectivity index (χ0v) is 16.3. The van der Waals surface area contributed by atoms with E-state index in [1.807, 2.05) is 42.5 Å². The van der Waals surface area contributed by atoms with Crippen LogP contribution in [0.2, 0.25) is 0 Å². The van der Waals surface area contributed by atoms with Crippen molar-refractivity contribution in [1.29, 1.82) is 0 Å². The second kappa shape index (κ2) is 12.5. The molecular formula is C22H31NO4. The minimum absolute atomic E-state index is 0.318. The Morgan fingerprint density at radius 3 is 2.37 bits per heavy atom. The number of aliphatic hydroxyl groups excluding tert-OH is 1. The van der Waals surface area contributed by atoms with Crippen molar-refractivity contribution >= 4 is 0 Å². The summed E-state index contributed by atoms with van der Waals surface area (Å²) in [6.45, 7) is 3.72. The maximum Gasteiger partial charge on any atom is 0.118 e. The fourth-order valence-corrected chi connectivity index (χ4v) is 2.89. The van der Waals surface area contributed by atoms with Crippen LogP contribution in [0.1, 0.15) is 17.5 Å². The van der Waals surface area contributed by atoms with Crippen LogP contribution in [0.4, 0.5) is 0 Å². The highest BCUT2D eigenvalue weighted by Gasteiger charge is 2.13. The monoisotopic (exact) mass is 373 g/mol. The highest BCUT2D eigenvalue weighted by Crippen LogP contribution is 2.13. The van der Waals surface area contributed by atoms with Gasteiger partial charge in [-0.2, -0.15) is 0 Å². The average molecular weight is 373 g/mol. The van der Waals surface area contributed by atoms with Gasteiger partial charge in [0.05, 0.1) is 26.4 Å². The van der Waals surface area contributed by atoms with Crippen LogP contribution in [0.15, 0.2) is 54.6 Å². The zero-order valence-electron chi connectivity index (χ0n) is 16.3. The molecule has 0 aliphatic carbocycles. The summed E-state index contributed by atoms with van der Waals surface area (Å²) in [6, 6.07) is 18.0. The normalized spacial score (nSPS) is 12.3. The average Bonchev–Trinajstić information content (AvgIpc) is 2.69. The Kier molecular flexibility index (Phi) is 9.87. The van der Waals surface area contributed by atoms with E-state index < -0.39 is 6.10 Å². The third-order valence-corrected chi connectivity index (χ3v) is 4.28. The summed E-state index contributed by atoms with van der Waals surface area (Å²) in [5, 5.41) is 10.4. The molecule has 0 unspecified atom stereocenters. The van der Waals surface area contributed by atoms with Crippen molar-refractivity contribution < 1.29 is 19.3 Å². The minimum atomic E-state index is -0.533. The molecule has 0 fully saturated rings. The molecule has 0 heterocycles. The fourth-order valence-electron chi connectivity index (χ4n) is 2.89. The van der Waals surface area contributed by atoms with Gasteiger partial charge in [0.2, 0.25) is 0 Å². The summed E-state index contributed by atoms with van der Waals surface area (Å²) in [5.74, 6) is 0.846. The first kappa shape index (κ1) is 21.4. The van der Waals surface area contributed by atoms with Gasteiger partial charge >= 0.3 is 0 Å². The molecule has 5 heteroatoms. The molecular weight excluding hydrogens is 342 g/mol. The molecule has 0 aromatic heterocycles. The third-order valence-electron chi connectivity index (χ3n) is 4.28. The van der Waals surface area contributed by atoms with E-state index in [0.29, 0.717) is 26.4 Å². The minimum Gasteiger partial charge on any atom is -0.497 e. The van der Waals surface area contributed by atoms with Gasteiger partial charge in [0.15, 0.2) is 0 Å². The predicted molar refractivity (Wildman–Crippen MR) is 107 cm³/mol. The Bertz CT molecular complexity index is 618. The van der Waals surface area contributed by atoms with Gasteiger partial charge in [0.1, 0.15) is 5.75 Å². The highest BCUT2D eigenvalue weighted by molar-refractivity contribution is 5.27. The molecule has 1 N–H and O–H groups in total. The molecule has 1 atom stereocenters. The number of hydrogen-bond acceptors (Lipinski definition) is 5. The molecule has 0 aliphatic heterocycles. The van der Waals surface area contributed by atoms with Crippen molar-refractivity contribution in [2.45, 2.75) is 25.7 Å². The van der Waals surface area contributed by atoms with Crippen molar-refractivity contribution in [3.8, 4) is 5.75 Å². The maximum absolute atomic E-state index is 10.4. The van der Waals surface area contributed by atoms with Crippen LogP contribution in [0.5, 0.6) is 5.75 Å². The van der Waals surface area contributed by atoms with E-state index in [1.165, 1.54) is 5.56 Å². The van der Waals surface area contributed by atoms with Crippen molar-refractivity contribution in [1.82, 2.24) is 4.90 Å². The molecule has 0 amide bonds. The SMILES string of the molecule is COCCCN(Cc1ccc(OC)cc1)C[C@H](O)COCc1ccccc1. The first-order chi connectivity index (χ1) is 13.2. The summed E-state index contributed by atoms with van der Waals surface area (Å²) in [5.41, 5.74) is 2.30. The van der Waals surface area contributed by atoms with E-state index in [1.54, 1.807) is 14.2 Å². The molecule has 148 valence electrons.